The van der Waals surface area contributed by atoms with E-state index in [4.69, 9.17) is 4.74 Å². The number of esters is 1. The van der Waals surface area contributed by atoms with Gasteiger partial charge in [0.25, 0.3) is 10.0 Å². The molecule has 7 heteroatoms. The van der Waals surface area contributed by atoms with Gasteiger partial charge in [0.1, 0.15) is 5.00 Å². The first-order valence-corrected chi connectivity index (χ1v) is 10.7. The third-order valence-corrected chi connectivity index (χ3v) is 7.43. The number of aryl methyl sites for hydroxylation is 2. The molecule has 0 amide bonds. The van der Waals surface area contributed by atoms with E-state index < -0.39 is 10.0 Å². The van der Waals surface area contributed by atoms with Gasteiger partial charge in [-0.1, -0.05) is 24.6 Å². The molecule has 142 valence electrons. The highest BCUT2D eigenvalue weighted by molar-refractivity contribution is 7.93. The summed E-state index contributed by atoms with van der Waals surface area (Å²) >= 11 is 1.46. The van der Waals surface area contributed by atoms with Crippen molar-refractivity contribution in [1.29, 1.82) is 0 Å². The standard InChI is InChI=1S/C19H25NO4S2/c1-6-17-14(3)25-19(18(17)11-12-24-15(4)21)20(5)26(22,23)16-9-7-13(2)8-10-16/h7-10H,6,11-12H2,1-5H3. The zero-order valence-electron chi connectivity index (χ0n) is 15.8. The van der Waals surface area contributed by atoms with Crippen LogP contribution in [-0.2, 0) is 32.4 Å². The van der Waals surface area contributed by atoms with E-state index in [9.17, 15) is 13.2 Å². The highest BCUT2D eigenvalue weighted by atomic mass is 32.2. The summed E-state index contributed by atoms with van der Waals surface area (Å²) in [4.78, 5) is 12.4. The second-order valence-corrected chi connectivity index (χ2v) is 9.32. The number of sulfonamides is 1. The lowest BCUT2D eigenvalue weighted by molar-refractivity contribution is -0.140. The number of benzene rings is 1. The van der Waals surface area contributed by atoms with Gasteiger partial charge < -0.3 is 4.74 Å². The number of ether oxygens (including phenoxy) is 1. The van der Waals surface area contributed by atoms with Crippen molar-refractivity contribution in [3.05, 3.63) is 45.8 Å². The largest absolute Gasteiger partial charge is 0.466 e. The molecule has 2 rings (SSSR count). The van der Waals surface area contributed by atoms with Crippen molar-refractivity contribution in [2.24, 2.45) is 0 Å². The van der Waals surface area contributed by atoms with Crippen molar-refractivity contribution in [2.75, 3.05) is 18.0 Å². The van der Waals surface area contributed by atoms with Crippen LogP contribution in [0.25, 0.3) is 0 Å². The first-order valence-electron chi connectivity index (χ1n) is 8.48. The average Bonchev–Trinajstić information content (AvgIpc) is 2.89. The van der Waals surface area contributed by atoms with Crippen molar-refractivity contribution in [3.63, 3.8) is 0 Å². The minimum absolute atomic E-state index is 0.240. The van der Waals surface area contributed by atoms with Gasteiger partial charge in [-0.25, -0.2) is 8.42 Å². The van der Waals surface area contributed by atoms with Gasteiger partial charge in [0.15, 0.2) is 0 Å². The number of hydrogen-bond acceptors (Lipinski definition) is 5. The highest BCUT2D eigenvalue weighted by Gasteiger charge is 2.27. The minimum Gasteiger partial charge on any atom is -0.466 e. The van der Waals surface area contributed by atoms with Crippen LogP contribution in [0.3, 0.4) is 0 Å². The molecule has 0 saturated heterocycles. The average molecular weight is 396 g/mol. The van der Waals surface area contributed by atoms with Crippen LogP contribution in [0.2, 0.25) is 0 Å². The maximum atomic E-state index is 13.0. The summed E-state index contributed by atoms with van der Waals surface area (Å²) in [5.41, 5.74) is 3.08. The lowest BCUT2D eigenvalue weighted by Gasteiger charge is -2.20. The van der Waals surface area contributed by atoms with E-state index in [0.29, 0.717) is 11.4 Å². The van der Waals surface area contributed by atoms with Gasteiger partial charge in [0.05, 0.1) is 11.5 Å². The van der Waals surface area contributed by atoms with Crippen molar-refractivity contribution in [3.8, 4) is 0 Å². The summed E-state index contributed by atoms with van der Waals surface area (Å²) in [6.45, 7) is 7.57. The normalized spacial score (nSPS) is 11.4. The van der Waals surface area contributed by atoms with Crippen LogP contribution >= 0.6 is 11.3 Å². The molecular formula is C19H25NO4S2. The van der Waals surface area contributed by atoms with Crippen LogP contribution in [0.4, 0.5) is 5.00 Å². The van der Waals surface area contributed by atoms with Crippen LogP contribution in [-0.4, -0.2) is 28.0 Å². The molecule has 0 fully saturated rings. The lowest BCUT2D eigenvalue weighted by atomic mass is 10.1. The molecule has 0 aliphatic carbocycles. The number of hydrogen-bond donors (Lipinski definition) is 0. The van der Waals surface area contributed by atoms with E-state index in [1.807, 2.05) is 20.8 Å². The van der Waals surface area contributed by atoms with E-state index in [1.54, 1.807) is 31.3 Å². The number of rotatable bonds is 7. The predicted octanol–water partition coefficient (Wildman–Crippen LogP) is 3.86. The fraction of sp³-hybridized carbons (Fsp3) is 0.421. The molecule has 0 spiro atoms. The van der Waals surface area contributed by atoms with Crippen LogP contribution in [0, 0.1) is 13.8 Å². The maximum Gasteiger partial charge on any atom is 0.302 e. The van der Waals surface area contributed by atoms with Gasteiger partial charge in [-0.2, -0.15) is 0 Å². The molecule has 5 nitrogen and oxygen atoms in total. The van der Waals surface area contributed by atoms with E-state index >= 15 is 0 Å². The number of anilines is 1. The molecule has 0 bridgehead atoms. The fourth-order valence-corrected chi connectivity index (χ4v) is 5.55. The number of carbonyl (C=O) groups is 1. The van der Waals surface area contributed by atoms with Crippen LogP contribution in [0.5, 0.6) is 0 Å². The minimum atomic E-state index is -3.65. The van der Waals surface area contributed by atoms with E-state index in [1.165, 1.54) is 22.6 Å². The SMILES string of the molecule is CCc1c(C)sc(N(C)S(=O)(=O)c2ccc(C)cc2)c1CCOC(C)=O. The Balaban J connectivity index is 2.42. The Labute approximate surface area is 159 Å². The number of thiophene rings is 1. The fourth-order valence-electron chi connectivity index (χ4n) is 2.86. The first kappa shape index (κ1) is 20.5. The maximum absolute atomic E-state index is 13.0. The summed E-state index contributed by atoms with van der Waals surface area (Å²) in [6, 6.07) is 6.83. The monoisotopic (exact) mass is 395 g/mol. The summed E-state index contributed by atoms with van der Waals surface area (Å²) in [5.74, 6) is -0.336. The Morgan fingerprint density at radius 3 is 2.31 bits per heavy atom. The van der Waals surface area contributed by atoms with Gasteiger partial charge in [0.2, 0.25) is 0 Å². The third-order valence-electron chi connectivity index (χ3n) is 4.27. The lowest BCUT2D eigenvalue weighted by Crippen LogP contribution is -2.27. The second kappa shape index (κ2) is 8.22. The highest BCUT2D eigenvalue weighted by Crippen LogP contribution is 2.38. The Bertz CT molecular complexity index is 883. The second-order valence-electron chi connectivity index (χ2n) is 6.15. The van der Waals surface area contributed by atoms with Gasteiger partial charge in [-0.3, -0.25) is 9.10 Å². The quantitative estimate of drug-likeness (QED) is 0.668. The summed E-state index contributed by atoms with van der Waals surface area (Å²) in [7, 11) is -2.07. The van der Waals surface area contributed by atoms with Crippen molar-refractivity contribution < 1.29 is 17.9 Å². The molecule has 2 aromatic rings. The predicted molar refractivity (Wildman–Crippen MR) is 106 cm³/mol. The molecule has 1 aromatic carbocycles. The Morgan fingerprint density at radius 1 is 1.15 bits per heavy atom. The first-order chi connectivity index (χ1) is 12.2. The van der Waals surface area contributed by atoms with Gasteiger partial charge >= 0.3 is 5.97 Å². The van der Waals surface area contributed by atoms with Crippen LogP contribution in [0.1, 0.15) is 35.4 Å². The smallest absolute Gasteiger partial charge is 0.302 e. The van der Waals surface area contributed by atoms with Gasteiger partial charge in [0, 0.05) is 25.3 Å². The molecule has 0 aliphatic heterocycles. The van der Waals surface area contributed by atoms with Crippen molar-refractivity contribution in [2.45, 2.75) is 45.4 Å². The summed E-state index contributed by atoms with van der Waals surface area (Å²) < 4.78 is 32.5. The number of carbonyl (C=O) groups excluding carboxylic acids is 1. The van der Waals surface area contributed by atoms with Crippen molar-refractivity contribution in [1.82, 2.24) is 0 Å². The molecule has 0 aliphatic rings. The zero-order valence-corrected chi connectivity index (χ0v) is 17.5. The molecule has 0 unspecified atom stereocenters. The Kier molecular flexibility index (Phi) is 6.47. The molecule has 0 saturated carbocycles. The summed E-state index contributed by atoms with van der Waals surface area (Å²) in [6.07, 6.45) is 1.30. The summed E-state index contributed by atoms with van der Waals surface area (Å²) in [5, 5.41) is 0.687. The molecule has 26 heavy (non-hydrogen) atoms. The van der Waals surface area contributed by atoms with Crippen LogP contribution in [0.15, 0.2) is 29.2 Å². The Hall–Kier alpha value is -1.86. The topological polar surface area (TPSA) is 63.7 Å². The van der Waals surface area contributed by atoms with Gasteiger partial charge in [-0.05, 0) is 43.5 Å². The molecule has 1 heterocycles. The van der Waals surface area contributed by atoms with Crippen LogP contribution < -0.4 is 4.31 Å². The van der Waals surface area contributed by atoms with E-state index in [0.717, 1.165) is 28.0 Å². The molecule has 1 aromatic heterocycles. The Morgan fingerprint density at radius 2 is 1.77 bits per heavy atom. The van der Waals surface area contributed by atoms with E-state index in [-0.39, 0.29) is 17.5 Å². The van der Waals surface area contributed by atoms with Gasteiger partial charge in [-0.15, -0.1) is 11.3 Å². The molecule has 0 N–H and O–H groups in total. The third kappa shape index (κ3) is 4.27. The molecule has 0 atom stereocenters. The zero-order chi connectivity index (χ0) is 19.5. The van der Waals surface area contributed by atoms with Crippen molar-refractivity contribution >= 4 is 32.3 Å². The van der Waals surface area contributed by atoms with E-state index in [2.05, 4.69) is 0 Å². The molecular weight excluding hydrogens is 370 g/mol. The number of nitrogens with zero attached hydrogens (tertiary/aromatic N) is 1. The molecule has 0 radical (unpaired) electrons.